The summed E-state index contributed by atoms with van der Waals surface area (Å²) in [4.78, 5) is 15.0. The Labute approximate surface area is 353 Å². The Morgan fingerprint density at radius 2 is 1.08 bits per heavy atom. The molecule has 0 unspecified atom stereocenters. The predicted octanol–water partition coefficient (Wildman–Crippen LogP) is 14.8. The van der Waals surface area contributed by atoms with Gasteiger partial charge in [-0.05, 0) is 86.9 Å². The van der Waals surface area contributed by atoms with Crippen LogP contribution in [0, 0.1) is 0 Å². The van der Waals surface area contributed by atoms with E-state index in [1.165, 1.54) is 11.1 Å². The summed E-state index contributed by atoms with van der Waals surface area (Å²) in [5, 5.41) is 2.34. The second-order valence-electron chi connectivity index (χ2n) is 15.5. The first-order chi connectivity index (χ1) is 31.5. The number of hydrogen-bond donors (Lipinski definition) is 0. The molecule has 0 atom stereocenters. The van der Waals surface area contributed by atoms with Gasteiger partial charge in [-0.1, -0.05) is 147 Å². The highest BCUT2D eigenvalue weighted by molar-refractivity contribution is 7.25. The van der Waals surface area contributed by atoms with Gasteiger partial charge in [-0.15, -0.1) is 11.3 Å². The van der Waals surface area contributed by atoms with Gasteiger partial charge in [0.25, 0.3) is 0 Å². The highest BCUT2D eigenvalue weighted by Crippen LogP contribution is 2.49. The molecular weight excluding hydrogens is 739 g/mol. The molecule has 1 aliphatic carbocycles. The molecule has 0 aliphatic heterocycles. The Balaban J connectivity index is 1.05. The zero-order chi connectivity index (χ0) is 44.5. The van der Waals surface area contributed by atoms with E-state index in [-0.39, 0.29) is 69.4 Å². The maximum atomic E-state index is 9.73. The van der Waals surface area contributed by atoms with E-state index >= 15 is 0 Å². The first-order valence-electron chi connectivity index (χ1n) is 22.5. The van der Waals surface area contributed by atoms with Crippen molar-refractivity contribution < 1.29 is 12.6 Å². The molecule has 0 radical (unpaired) electrons. The van der Waals surface area contributed by atoms with Crippen LogP contribution in [0.15, 0.2) is 180 Å². The first-order valence-corrected chi connectivity index (χ1v) is 20.3. The fourth-order valence-corrected chi connectivity index (χ4v) is 9.53. The average molecular weight is 780 g/mol. The van der Waals surface area contributed by atoms with Crippen LogP contribution < -0.4 is 0 Å². The lowest BCUT2D eigenvalue weighted by molar-refractivity contribution is 0.660. The summed E-state index contributed by atoms with van der Waals surface area (Å²) in [6.45, 7) is 4.43. The van der Waals surface area contributed by atoms with Crippen LogP contribution in [0.2, 0.25) is 0 Å². The van der Waals surface area contributed by atoms with E-state index in [1.807, 2.05) is 84.9 Å². The Bertz CT molecular complexity index is 3820. The van der Waals surface area contributed by atoms with E-state index in [0.717, 1.165) is 55.5 Å². The van der Waals surface area contributed by atoms with Crippen LogP contribution in [0.25, 0.3) is 110 Å². The molecule has 0 amide bonds. The third-order valence-electron chi connectivity index (χ3n) is 11.6. The molecule has 11 aromatic rings. The summed E-state index contributed by atoms with van der Waals surface area (Å²) in [5.41, 5.74) is 10.1. The smallest absolute Gasteiger partial charge is 0.164 e. The van der Waals surface area contributed by atoms with E-state index in [9.17, 15) is 6.85 Å². The average Bonchev–Trinajstić information content (AvgIpc) is 3.99. The number of hydrogen-bond acceptors (Lipinski definition) is 5. The van der Waals surface area contributed by atoms with Gasteiger partial charge in [-0.2, -0.15) is 0 Å². The molecule has 0 saturated heterocycles. The lowest BCUT2D eigenvalue weighted by atomic mass is 9.82. The highest BCUT2D eigenvalue weighted by atomic mass is 32.1. The monoisotopic (exact) mass is 779 g/mol. The first kappa shape index (κ1) is 28.2. The SMILES string of the molecule is [2H]c1c(-c2ccc3c(c2)oc2ccccc23)c([2H])c2c(sc3c([2H])c(-c4nc(-c5ccc(-c6ccccc6)cc5)nc(-c5ccc6c(c5)C(C)(C)c5ccccc5-6)n4)c([2H])c([2H])c32)c1[2H]. The predicted molar refractivity (Wildman–Crippen MR) is 245 cm³/mol. The summed E-state index contributed by atoms with van der Waals surface area (Å²) in [6.07, 6.45) is 0. The molecule has 0 fully saturated rings. The molecule has 0 saturated carbocycles. The van der Waals surface area contributed by atoms with E-state index in [4.69, 9.17) is 20.7 Å². The summed E-state index contributed by atoms with van der Waals surface area (Å²) >= 11 is 1.08. The van der Waals surface area contributed by atoms with Gasteiger partial charge in [0, 0.05) is 53.1 Å². The maximum absolute atomic E-state index is 9.73. The molecule has 3 aromatic heterocycles. The number of para-hydroxylation sites is 1. The molecule has 0 spiro atoms. The van der Waals surface area contributed by atoms with Crippen LogP contribution in [0.5, 0.6) is 0 Å². The topological polar surface area (TPSA) is 51.8 Å². The lowest BCUT2D eigenvalue weighted by Gasteiger charge is -2.21. The second kappa shape index (κ2) is 12.9. The van der Waals surface area contributed by atoms with Gasteiger partial charge in [0.15, 0.2) is 17.5 Å². The van der Waals surface area contributed by atoms with E-state index in [0.29, 0.717) is 37.8 Å². The lowest BCUT2D eigenvalue weighted by Crippen LogP contribution is -2.15. The van der Waals surface area contributed by atoms with Gasteiger partial charge < -0.3 is 4.42 Å². The molecule has 8 aromatic carbocycles. The Morgan fingerprint density at radius 3 is 1.95 bits per heavy atom. The van der Waals surface area contributed by atoms with Crippen LogP contribution in [0.4, 0.5) is 0 Å². The van der Waals surface area contributed by atoms with Crippen molar-refractivity contribution >= 4 is 53.4 Å². The zero-order valence-corrected chi connectivity index (χ0v) is 32.8. The second-order valence-corrected chi connectivity index (χ2v) is 16.5. The van der Waals surface area contributed by atoms with Crippen molar-refractivity contribution in [2.75, 3.05) is 0 Å². The number of fused-ring (bicyclic) bond motifs is 9. The molecule has 3 heterocycles. The van der Waals surface area contributed by atoms with Gasteiger partial charge in [0.05, 0.1) is 8.22 Å². The molecule has 0 N–H and O–H groups in total. The minimum absolute atomic E-state index is 0.0480. The third-order valence-corrected chi connectivity index (χ3v) is 12.6. The minimum Gasteiger partial charge on any atom is -0.456 e. The van der Waals surface area contributed by atoms with Crippen LogP contribution in [-0.4, -0.2) is 15.0 Å². The van der Waals surface area contributed by atoms with Crippen LogP contribution in [0.3, 0.4) is 0 Å². The van der Waals surface area contributed by atoms with Gasteiger partial charge in [-0.25, -0.2) is 15.0 Å². The molecule has 12 rings (SSSR count). The quantitative estimate of drug-likeness (QED) is 0.175. The summed E-state index contributed by atoms with van der Waals surface area (Å²) < 4.78 is 63.5. The normalized spacial score (nSPS) is 14.5. The number of rotatable bonds is 5. The molecule has 1 aliphatic rings. The fourth-order valence-electron chi connectivity index (χ4n) is 8.56. The Kier molecular flexibility index (Phi) is 6.17. The van der Waals surface area contributed by atoms with Crippen molar-refractivity contribution in [3.63, 3.8) is 0 Å². The fraction of sp³-hybridized carbons (Fsp3) is 0.0556. The minimum atomic E-state index is -0.282. The van der Waals surface area contributed by atoms with Crippen molar-refractivity contribution in [3.05, 3.63) is 187 Å². The van der Waals surface area contributed by atoms with Crippen molar-refractivity contribution in [1.82, 2.24) is 15.0 Å². The molecular formula is C54H35N3OS. The summed E-state index contributed by atoms with van der Waals surface area (Å²) in [7, 11) is 0. The van der Waals surface area contributed by atoms with Gasteiger partial charge in [-0.3, -0.25) is 0 Å². The maximum Gasteiger partial charge on any atom is 0.164 e. The van der Waals surface area contributed by atoms with E-state index in [1.54, 1.807) is 6.07 Å². The van der Waals surface area contributed by atoms with Gasteiger partial charge >= 0.3 is 0 Å². The molecule has 59 heavy (non-hydrogen) atoms. The van der Waals surface area contributed by atoms with Crippen LogP contribution in [-0.2, 0) is 5.41 Å². The number of nitrogens with zero attached hydrogens (tertiary/aromatic N) is 3. The standard InChI is InChI=1S/C54H35N3OS/c1-54(2)45-14-8-6-12-39(45)40-24-21-37(29-46(40)54)52-55-51(34-18-16-33(17-19-34)32-10-4-3-5-11-32)56-53(57-52)38-22-26-43-44-28-35(23-27-49(44)59-50(43)31-38)36-20-25-42-41-13-7-9-15-47(41)58-48(42)30-36/h3-31H,1-2H3/i22D,23D,26D,27D,28D,31D. The van der Waals surface area contributed by atoms with E-state index < -0.39 is 0 Å². The van der Waals surface area contributed by atoms with Crippen molar-refractivity contribution in [2.24, 2.45) is 0 Å². The molecule has 0 bridgehead atoms. The zero-order valence-electron chi connectivity index (χ0n) is 37.9. The summed E-state index contributed by atoms with van der Waals surface area (Å²) in [5.74, 6) is 0.780. The van der Waals surface area contributed by atoms with Crippen molar-refractivity contribution in [1.29, 1.82) is 0 Å². The number of benzene rings is 8. The molecule has 4 nitrogen and oxygen atoms in total. The highest BCUT2D eigenvalue weighted by Gasteiger charge is 2.35. The van der Waals surface area contributed by atoms with Crippen molar-refractivity contribution in [2.45, 2.75) is 19.3 Å². The molecule has 5 heteroatoms. The third kappa shape index (κ3) is 5.46. The largest absolute Gasteiger partial charge is 0.456 e. The van der Waals surface area contributed by atoms with Crippen molar-refractivity contribution in [3.8, 4) is 67.5 Å². The van der Waals surface area contributed by atoms with E-state index in [2.05, 4.69) is 62.4 Å². The number of furan rings is 1. The number of aromatic nitrogens is 3. The number of thiophene rings is 1. The molecule has 278 valence electrons. The Hall–Kier alpha value is -7.21. The summed E-state index contributed by atoms with van der Waals surface area (Å²) in [6, 6.07) is 45.0. The van der Waals surface area contributed by atoms with Crippen LogP contribution in [0.1, 0.15) is 33.2 Å². The van der Waals surface area contributed by atoms with Gasteiger partial charge in [0.1, 0.15) is 11.2 Å². The Morgan fingerprint density at radius 1 is 0.441 bits per heavy atom. The van der Waals surface area contributed by atoms with Gasteiger partial charge in [0.2, 0.25) is 0 Å². The van der Waals surface area contributed by atoms with Crippen LogP contribution >= 0.6 is 11.3 Å².